The molecule has 0 spiro atoms. The minimum absolute atomic E-state index is 0.0942. The Morgan fingerprint density at radius 3 is 2.39 bits per heavy atom. The highest BCUT2D eigenvalue weighted by Crippen LogP contribution is 2.32. The number of amides is 4. The van der Waals surface area contributed by atoms with Crippen LogP contribution in [-0.2, 0) is 14.4 Å². The summed E-state index contributed by atoms with van der Waals surface area (Å²) in [7, 11) is 0. The number of hydrogen-bond acceptors (Lipinski definition) is 8. The topological polar surface area (TPSA) is 119 Å². The second-order valence-corrected chi connectivity index (χ2v) is 8.74. The van der Waals surface area contributed by atoms with Gasteiger partial charge < -0.3 is 10.2 Å². The van der Waals surface area contributed by atoms with Gasteiger partial charge in [0.05, 0.1) is 11.1 Å². The van der Waals surface area contributed by atoms with Crippen molar-refractivity contribution in [1.82, 2.24) is 20.0 Å². The SMILES string of the molecule is CC(=O)CCN1CCN(CCNc2cccc3c2C(=O)N(C2CCC(=O)NC2=O)C3=O)CC1. The molecule has 3 heterocycles. The van der Waals surface area contributed by atoms with Gasteiger partial charge in [-0.15, -0.1) is 0 Å². The number of piperazine rings is 1. The van der Waals surface area contributed by atoms with Crippen molar-refractivity contribution in [3.05, 3.63) is 29.3 Å². The molecule has 1 atom stereocenters. The van der Waals surface area contributed by atoms with Crippen LogP contribution in [0.4, 0.5) is 5.69 Å². The summed E-state index contributed by atoms with van der Waals surface area (Å²) >= 11 is 0. The van der Waals surface area contributed by atoms with Crippen molar-refractivity contribution in [1.29, 1.82) is 0 Å². The number of ketones is 1. The molecule has 3 aliphatic rings. The van der Waals surface area contributed by atoms with Crippen LogP contribution in [-0.4, -0.2) is 96.0 Å². The fourth-order valence-electron chi connectivity index (χ4n) is 4.56. The zero-order valence-electron chi connectivity index (χ0n) is 18.8. The van der Waals surface area contributed by atoms with E-state index in [2.05, 4.69) is 20.4 Å². The van der Waals surface area contributed by atoms with Crippen molar-refractivity contribution >= 4 is 35.1 Å². The summed E-state index contributed by atoms with van der Waals surface area (Å²) in [5.41, 5.74) is 1.12. The van der Waals surface area contributed by atoms with E-state index in [1.807, 2.05) is 0 Å². The van der Waals surface area contributed by atoms with E-state index < -0.39 is 29.7 Å². The number of Topliss-reactive ketones (excluding diaryl/α,β-unsaturated/α-hetero) is 1. The summed E-state index contributed by atoms with van der Waals surface area (Å²) in [5.74, 6) is -1.81. The third kappa shape index (κ3) is 4.96. The molecule has 4 rings (SSSR count). The first-order chi connectivity index (χ1) is 15.8. The maximum absolute atomic E-state index is 13.1. The first-order valence-electron chi connectivity index (χ1n) is 11.4. The number of imide groups is 2. The molecule has 0 bridgehead atoms. The minimum Gasteiger partial charge on any atom is -0.383 e. The van der Waals surface area contributed by atoms with Gasteiger partial charge in [0, 0.05) is 64.3 Å². The fourth-order valence-corrected chi connectivity index (χ4v) is 4.56. The molecule has 176 valence electrons. The number of nitrogens with one attached hydrogen (secondary N) is 2. The highest BCUT2D eigenvalue weighted by molar-refractivity contribution is 6.25. The smallest absolute Gasteiger partial charge is 0.264 e. The Labute approximate surface area is 192 Å². The van der Waals surface area contributed by atoms with Gasteiger partial charge in [-0.2, -0.15) is 0 Å². The maximum atomic E-state index is 13.1. The molecular weight excluding hydrogens is 426 g/mol. The lowest BCUT2D eigenvalue weighted by Crippen LogP contribution is -2.54. The Kier molecular flexibility index (Phi) is 6.85. The van der Waals surface area contributed by atoms with E-state index in [9.17, 15) is 24.0 Å². The Balaban J connectivity index is 1.34. The second-order valence-electron chi connectivity index (χ2n) is 8.74. The number of nitrogens with zero attached hydrogens (tertiary/aromatic N) is 3. The van der Waals surface area contributed by atoms with E-state index in [1.165, 1.54) is 0 Å². The van der Waals surface area contributed by atoms with Gasteiger partial charge in [-0.05, 0) is 25.5 Å². The molecule has 0 radical (unpaired) electrons. The second kappa shape index (κ2) is 9.80. The Morgan fingerprint density at radius 1 is 1.03 bits per heavy atom. The Hall–Kier alpha value is -3.11. The van der Waals surface area contributed by atoms with E-state index in [-0.39, 0.29) is 29.8 Å². The van der Waals surface area contributed by atoms with Crippen LogP contribution in [0.1, 0.15) is 46.9 Å². The third-order valence-corrected chi connectivity index (χ3v) is 6.46. The molecule has 10 nitrogen and oxygen atoms in total. The highest BCUT2D eigenvalue weighted by Gasteiger charge is 2.45. The van der Waals surface area contributed by atoms with Crippen LogP contribution in [0.3, 0.4) is 0 Å². The minimum atomic E-state index is -0.970. The molecule has 33 heavy (non-hydrogen) atoms. The van der Waals surface area contributed by atoms with Gasteiger partial charge in [0.15, 0.2) is 0 Å². The van der Waals surface area contributed by atoms with E-state index >= 15 is 0 Å². The number of anilines is 1. The number of piperidine rings is 1. The van der Waals surface area contributed by atoms with Gasteiger partial charge in [0.2, 0.25) is 11.8 Å². The summed E-state index contributed by atoms with van der Waals surface area (Å²) in [6.07, 6.45) is 0.817. The molecule has 2 fully saturated rings. The summed E-state index contributed by atoms with van der Waals surface area (Å²) < 4.78 is 0. The van der Waals surface area contributed by atoms with Gasteiger partial charge in [-0.25, -0.2) is 0 Å². The predicted octanol–water partition coefficient (Wildman–Crippen LogP) is 0.0964. The van der Waals surface area contributed by atoms with Crippen molar-refractivity contribution in [2.75, 3.05) is 51.1 Å². The number of benzene rings is 1. The van der Waals surface area contributed by atoms with Crippen molar-refractivity contribution in [3.63, 3.8) is 0 Å². The molecule has 0 aliphatic carbocycles. The van der Waals surface area contributed by atoms with E-state index in [0.29, 0.717) is 18.7 Å². The lowest BCUT2D eigenvalue weighted by molar-refractivity contribution is -0.136. The monoisotopic (exact) mass is 455 g/mol. The predicted molar refractivity (Wildman–Crippen MR) is 120 cm³/mol. The lowest BCUT2D eigenvalue weighted by atomic mass is 10.0. The summed E-state index contributed by atoms with van der Waals surface area (Å²) in [6, 6.07) is 4.10. The average molecular weight is 456 g/mol. The number of hydrogen-bond donors (Lipinski definition) is 2. The fraction of sp³-hybridized carbons (Fsp3) is 0.522. The summed E-state index contributed by atoms with van der Waals surface area (Å²) in [4.78, 5) is 66.5. The molecule has 0 saturated carbocycles. The molecule has 0 aromatic heterocycles. The highest BCUT2D eigenvalue weighted by atomic mass is 16.2. The van der Waals surface area contributed by atoms with Crippen LogP contribution < -0.4 is 10.6 Å². The molecule has 2 saturated heterocycles. The molecule has 10 heteroatoms. The number of fused-ring (bicyclic) bond motifs is 1. The lowest BCUT2D eigenvalue weighted by Gasteiger charge is -2.34. The van der Waals surface area contributed by atoms with E-state index in [0.717, 1.165) is 44.2 Å². The normalized spacial score (nSPS) is 21.8. The molecule has 1 aromatic carbocycles. The zero-order valence-corrected chi connectivity index (χ0v) is 18.8. The molecule has 1 unspecified atom stereocenters. The summed E-state index contributed by atoms with van der Waals surface area (Å²) in [6.45, 7) is 7.46. The van der Waals surface area contributed by atoms with Gasteiger partial charge in [0.25, 0.3) is 11.8 Å². The number of carbonyl (C=O) groups excluding carboxylic acids is 5. The van der Waals surface area contributed by atoms with Crippen molar-refractivity contribution in [2.24, 2.45) is 0 Å². The van der Waals surface area contributed by atoms with E-state index in [4.69, 9.17) is 0 Å². The molecule has 1 aromatic rings. The molecule has 2 N–H and O–H groups in total. The maximum Gasteiger partial charge on any atom is 0.264 e. The van der Waals surface area contributed by atoms with Crippen molar-refractivity contribution in [3.8, 4) is 0 Å². The number of rotatable bonds is 8. The third-order valence-electron chi connectivity index (χ3n) is 6.46. The number of carbonyl (C=O) groups is 5. The van der Waals surface area contributed by atoms with Gasteiger partial charge in [-0.1, -0.05) is 6.07 Å². The molecule has 3 aliphatic heterocycles. The van der Waals surface area contributed by atoms with Crippen molar-refractivity contribution in [2.45, 2.75) is 32.2 Å². The first kappa shape index (κ1) is 23.1. The Morgan fingerprint density at radius 2 is 1.73 bits per heavy atom. The average Bonchev–Trinajstić information content (AvgIpc) is 3.04. The van der Waals surface area contributed by atoms with Gasteiger partial charge in [-0.3, -0.25) is 39.1 Å². The van der Waals surface area contributed by atoms with Gasteiger partial charge in [0.1, 0.15) is 11.8 Å². The molecule has 4 amide bonds. The largest absolute Gasteiger partial charge is 0.383 e. The van der Waals surface area contributed by atoms with Crippen LogP contribution in [0.15, 0.2) is 18.2 Å². The summed E-state index contributed by atoms with van der Waals surface area (Å²) in [5, 5.41) is 5.49. The van der Waals surface area contributed by atoms with Gasteiger partial charge >= 0.3 is 0 Å². The Bertz CT molecular complexity index is 985. The molecular formula is C23H29N5O5. The van der Waals surface area contributed by atoms with Crippen LogP contribution >= 0.6 is 0 Å². The van der Waals surface area contributed by atoms with Crippen molar-refractivity contribution < 1.29 is 24.0 Å². The van der Waals surface area contributed by atoms with Crippen LogP contribution in [0.5, 0.6) is 0 Å². The standard InChI is InChI=1S/C23H29N5O5/c1-15(29)7-9-26-11-13-27(14-12-26)10-8-24-17-4-2-3-16-20(17)23(33)28(22(16)32)18-5-6-19(30)25-21(18)31/h2-4,18,24H,5-14H2,1H3,(H,25,30,31). The quantitative estimate of drug-likeness (QED) is 0.530. The van der Waals surface area contributed by atoms with Crippen LogP contribution in [0.2, 0.25) is 0 Å². The van der Waals surface area contributed by atoms with Crippen LogP contribution in [0, 0.1) is 0 Å². The van der Waals surface area contributed by atoms with E-state index in [1.54, 1.807) is 25.1 Å². The van der Waals surface area contributed by atoms with Crippen LogP contribution in [0.25, 0.3) is 0 Å². The first-order valence-corrected chi connectivity index (χ1v) is 11.4. The zero-order chi connectivity index (χ0) is 23.5.